The highest BCUT2D eigenvalue weighted by Gasteiger charge is 2.08. The zero-order chi connectivity index (χ0) is 12.0. The Morgan fingerprint density at radius 3 is 2.56 bits per heavy atom. The molecule has 0 aliphatic carbocycles. The summed E-state index contributed by atoms with van der Waals surface area (Å²) in [6, 6.07) is 5.83. The number of halogens is 1. The summed E-state index contributed by atoms with van der Waals surface area (Å²) in [5.41, 5.74) is 1.04. The fraction of sp³-hybridized carbons (Fsp3) is 0.538. The smallest absolute Gasteiger partial charge is 0.161 e. The van der Waals surface area contributed by atoms with E-state index in [0.29, 0.717) is 12.5 Å². The second-order valence-electron chi connectivity index (χ2n) is 3.68. The molecule has 0 heterocycles. The van der Waals surface area contributed by atoms with Crippen molar-refractivity contribution in [3.05, 3.63) is 23.8 Å². The first kappa shape index (κ1) is 13.2. The third-order valence-electron chi connectivity index (χ3n) is 2.37. The van der Waals surface area contributed by atoms with Crippen molar-refractivity contribution in [3.8, 4) is 11.5 Å². The Bertz CT molecular complexity index is 326. The summed E-state index contributed by atoms with van der Waals surface area (Å²) in [4.78, 5) is 0. The van der Waals surface area contributed by atoms with Crippen molar-refractivity contribution in [2.24, 2.45) is 0 Å². The van der Waals surface area contributed by atoms with Gasteiger partial charge in [-0.25, -0.2) is 0 Å². The highest BCUT2D eigenvalue weighted by Crippen LogP contribution is 2.30. The molecule has 0 spiro atoms. The highest BCUT2D eigenvalue weighted by molar-refractivity contribution is 6.17. The van der Waals surface area contributed by atoms with Crippen molar-refractivity contribution in [1.82, 2.24) is 0 Å². The molecule has 3 heteroatoms. The van der Waals surface area contributed by atoms with Gasteiger partial charge < -0.3 is 9.47 Å². The van der Waals surface area contributed by atoms with Gasteiger partial charge in [-0.3, -0.25) is 0 Å². The van der Waals surface area contributed by atoms with Crippen molar-refractivity contribution in [2.45, 2.75) is 39.2 Å². The van der Waals surface area contributed by atoms with E-state index in [0.717, 1.165) is 23.5 Å². The molecule has 0 radical (unpaired) electrons. The monoisotopic (exact) mass is 242 g/mol. The van der Waals surface area contributed by atoms with E-state index in [1.807, 2.05) is 32.0 Å². The molecule has 0 saturated heterocycles. The zero-order valence-corrected chi connectivity index (χ0v) is 10.9. The lowest BCUT2D eigenvalue weighted by Crippen LogP contribution is -2.11. The molecule has 0 N–H and O–H groups in total. The van der Waals surface area contributed by atoms with Gasteiger partial charge in [0.25, 0.3) is 0 Å². The first-order chi connectivity index (χ1) is 7.71. The number of hydrogen-bond acceptors (Lipinski definition) is 2. The summed E-state index contributed by atoms with van der Waals surface area (Å²) >= 11 is 5.79. The maximum absolute atomic E-state index is 5.79. The lowest BCUT2D eigenvalue weighted by molar-refractivity contribution is 0.203. The molecule has 0 aromatic heterocycles. The highest BCUT2D eigenvalue weighted by atomic mass is 35.5. The number of ether oxygens (including phenoxy) is 2. The molecule has 1 aromatic rings. The summed E-state index contributed by atoms with van der Waals surface area (Å²) < 4.78 is 11.3. The van der Waals surface area contributed by atoms with Gasteiger partial charge in [0.2, 0.25) is 0 Å². The van der Waals surface area contributed by atoms with Gasteiger partial charge in [0.05, 0.1) is 12.7 Å². The first-order valence-corrected chi connectivity index (χ1v) is 6.23. The molecule has 0 aliphatic heterocycles. The molecular formula is C13H19ClO2. The summed E-state index contributed by atoms with van der Waals surface area (Å²) in [5.74, 6) is 2.06. The van der Waals surface area contributed by atoms with Crippen molar-refractivity contribution in [3.63, 3.8) is 0 Å². The molecule has 16 heavy (non-hydrogen) atoms. The van der Waals surface area contributed by atoms with Crippen LogP contribution < -0.4 is 9.47 Å². The van der Waals surface area contributed by atoms with Crippen LogP contribution >= 0.6 is 11.6 Å². The van der Waals surface area contributed by atoms with Crippen molar-refractivity contribution in [1.29, 1.82) is 0 Å². The van der Waals surface area contributed by atoms with Crippen LogP contribution in [0.1, 0.15) is 32.8 Å². The molecule has 1 unspecified atom stereocenters. The number of alkyl halides is 1. The van der Waals surface area contributed by atoms with E-state index in [-0.39, 0.29) is 6.10 Å². The maximum Gasteiger partial charge on any atom is 0.161 e. The van der Waals surface area contributed by atoms with Gasteiger partial charge >= 0.3 is 0 Å². The van der Waals surface area contributed by atoms with E-state index in [9.17, 15) is 0 Å². The third-order valence-corrected chi connectivity index (χ3v) is 2.67. The normalized spacial score (nSPS) is 12.2. The third kappa shape index (κ3) is 3.60. The molecule has 0 aliphatic rings. The molecule has 1 rings (SSSR count). The van der Waals surface area contributed by atoms with E-state index in [2.05, 4.69) is 6.92 Å². The molecular weight excluding hydrogens is 224 g/mol. The average Bonchev–Trinajstić information content (AvgIpc) is 2.31. The molecule has 2 nitrogen and oxygen atoms in total. The Kier molecular flexibility index (Phi) is 5.47. The zero-order valence-electron chi connectivity index (χ0n) is 10.1. The van der Waals surface area contributed by atoms with Crippen LogP contribution in [0.4, 0.5) is 0 Å². The number of benzene rings is 1. The predicted molar refractivity (Wildman–Crippen MR) is 67.5 cm³/mol. The van der Waals surface area contributed by atoms with Crippen LogP contribution in [0.2, 0.25) is 0 Å². The maximum atomic E-state index is 5.79. The van der Waals surface area contributed by atoms with Crippen molar-refractivity contribution < 1.29 is 9.47 Å². The molecule has 1 atom stereocenters. The van der Waals surface area contributed by atoms with Gasteiger partial charge in [0.1, 0.15) is 0 Å². The van der Waals surface area contributed by atoms with Crippen LogP contribution in [-0.2, 0) is 5.88 Å². The molecule has 0 bridgehead atoms. The minimum Gasteiger partial charge on any atom is -0.490 e. The van der Waals surface area contributed by atoms with Gasteiger partial charge in [-0.05, 0) is 38.0 Å². The minimum absolute atomic E-state index is 0.195. The van der Waals surface area contributed by atoms with Gasteiger partial charge in [-0.15, -0.1) is 11.6 Å². The fourth-order valence-electron chi connectivity index (χ4n) is 1.30. The quantitative estimate of drug-likeness (QED) is 0.702. The lowest BCUT2D eigenvalue weighted by Gasteiger charge is -2.16. The van der Waals surface area contributed by atoms with Crippen LogP contribution in [0, 0.1) is 0 Å². The van der Waals surface area contributed by atoms with Gasteiger partial charge in [0.15, 0.2) is 11.5 Å². The SMILES string of the molecule is CCOc1cc(CCl)ccc1OC(C)CC. The van der Waals surface area contributed by atoms with Crippen LogP contribution in [0.5, 0.6) is 11.5 Å². The summed E-state index contributed by atoms with van der Waals surface area (Å²) in [6.45, 7) is 6.73. The summed E-state index contributed by atoms with van der Waals surface area (Å²) in [5, 5.41) is 0. The number of hydrogen-bond donors (Lipinski definition) is 0. The van der Waals surface area contributed by atoms with Gasteiger partial charge in [0, 0.05) is 5.88 Å². The summed E-state index contributed by atoms with van der Waals surface area (Å²) in [7, 11) is 0. The van der Waals surface area contributed by atoms with Gasteiger partial charge in [-0.2, -0.15) is 0 Å². The van der Waals surface area contributed by atoms with Crippen molar-refractivity contribution in [2.75, 3.05) is 6.61 Å². The van der Waals surface area contributed by atoms with E-state index >= 15 is 0 Å². The van der Waals surface area contributed by atoms with E-state index in [4.69, 9.17) is 21.1 Å². The standard InChI is InChI=1S/C13H19ClO2/c1-4-10(3)16-12-7-6-11(9-14)8-13(12)15-5-2/h6-8,10H,4-5,9H2,1-3H3. The summed E-state index contributed by atoms with van der Waals surface area (Å²) in [6.07, 6.45) is 1.17. The Hall–Kier alpha value is -0.890. The van der Waals surface area contributed by atoms with E-state index < -0.39 is 0 Å². The minimum atomic E-state index is 0.195. The lowest BCUT2D eigenvalue weighted by atomic mass is 10.2. The predicted octanol–water partition coefficient (Wildman–Crippen LogP) is 4.00. The fourth-order valence-corrected chi connectivity index (χ4v) is 1.47. The topological polar surface area (TPSA) is 18.5 Å². The molecule has 1 aromatic carbocycles. The van der Waals surface area contributed by atoms with Gasteiger partial charge in [-0.1, -0.05) is 13.0 Å². The van der Waals surface area contributed by atoms with E-state index in [1.165, 1.54) is 0 Å². The Balaban J connectivity index is 2.88. The average molecular weight is 243 g/mol. The molecule has 0 amide bonds. The van der Waals surface area contributed by atoms with Crippen LogP contribution in [0.3, 0.4) is 0 Å². The molecule has 0 saturated carbocycles. The van der Waals surface area contributed by atoms with Crippen LogP contribution in [0.15, 0.2) is 18.2 Å². The largest absolute Gasteiger partial charge is 0.490 e. The van der Waals surface area contributed by atoms with Crippen LogP contribution in [0.25, 0.3) is 0 Å². The number of rotatable bonds is 6. The second-order valence-corrected chi connectivity index (χ2v) is 3.95. The molecule has 0 fully saturated rings. The Morgan fingerprint density at radius 2 is 2.00 bits per heavy atom. The first-order valence-electron chi connectivity index (χ1n) is 5.69. The van der Waals surface area contributed by atoms with Crippen molar-refractivity contribution >= 4 is 11.6 Å². The van der Waals surface area contributed by atoms with E-state index in [1.54, 1.807) is 0 Å². The van der Waals surface area contributed by atoms with Crippen LogP contribution in [-0.4, -0.2) is 12.7 Å². The Morgan fingerprint density at radius 1 is 1.25 bits per heavy atom. The Labute approximate surface area is 103 Å². The molecule has 90 valence electrons. The second kappa shape index (κ2) is 6.64.